The van der Waals surface area contributed by atoms with E-state index in [1.807, 2.05) is 24.3 Å². The number of benzene rings is 3. The third kappa shape index (κ3) is 5.39. The number of fused-ring (bicyclic) bond motifs is 9. The third-order valence-electron chi connectivity index (χ3n) is 12.8. The van der Waals surface area contributed by atoms with Gasteiger partial charge in [-0.2, -0.15) is 0 Å². The molecule has 4 unspecified atom stereocenters. The van der Waals surface area contributed by atoms with E-state index in [1.165, 1.54) is 36.0 Å². The molecular weight excluding hydrogens is 673 g/mol. The standard InChI is InChI=1S/C42H48N4O5S/c1-26(2)52(49,50)43-40(47)29-14-16-34-37(18-29)45-25-42(41(48)46-30-19-31(46)24-44(23-30)22-27-10-6-4-7-11-27)21-36(42)35-20-32(51-3)15-17-33(35)39(45)38(34)28-12-8-5-9-13-28/h4,6-7,10-11,14-18,20,26,28,30-31,36H,5,8-9,12-13,19,21-25H2,1-3H3,(H,43,47). The van der Waals surface area contributed by atoms with Gasteiger partial charge >= 0.3 is 0 Å². The zero-order chi connectivity index (χ0) is 35.9. The monoisotopic (exact) mass is 720 g/mol. The van der Waals surface area contributed by atoms with Crippen molar-refractivity contribution < 1.29 is 22.7 Å². The largest absolute Gasteiger partial charge is 0.497 e. The van der Waals surface area contributed by atoms with Crippen molar-refractivity contribution in [2.75, 3.05) is 20.2 Å². The molecule has 5 fully saturated rings. The predicted molar refractivity (Wildman–Crippen MR) is 202 cm³/mol. The second kappa shape index (κ2) is 12.5. The fourth-order valence-corrected chi connectivity index (χ4v) is 10.6. The average Bonchev–Trinajstić information content (AvgIpc) is 3.82. The number of piperidine rings is 1. The van der Waals surface area contributed by atoms with Gasteiger partial charge < -0.3 is 14.2 Å². The molecule has 3 aromatic carbocycles. The minimum Gasteiger partial charge on any atom is -0.497 e. The topological polar surface area (TPSA) is 101 Å². The molecule has 2 aliphatic carbocycles. The van der Waals surface area contributed by atoms with Gasteiger partial charge in [0.1, 0.15) is 5.75 Å². The Morgan fingerprint density at radius 2 is 1.71 bits per heavy atom. The van der Waals surface area contributed by atoms with Gasteiger partial charge in [0.25, 0.3) is 5.91 Å². The molecule has 0 spiro atoms. The van der Waals surface area contributed by atoms with Gasteiger partial charge in [0.15, 0.2) is 0 Å². The number of carbonyl (C=O) groups is 2. The highest BCUT2D eigenvalue weighted by Crippen LogP contribution is 2.67. The highest BCUT2D eigenvalue weighted by molar-refractivity contribution is 7.90. The quantitative estimate of drug-likeness (QED) is 0.215. The normalized spacial score (nSPS) is 25.5. The second-order valence-corrected chi connectivity index (χ2v) is 18.5. The molecule has 1 N–H and O–H groups in total. The van der Waals surface area contributed by atoms with E-state index in [0.717, 1.165) is 73.2 Å². The molecule has 3 saturated heterocycles. The summed E-state index contributed by atoms with van der Waals surface area (Å²) in [6.45, 7) is 6.29. The Morgan fingerprint density at radius 3 is 2.42 bits per heavy atom. The molecule has 5 heterocycles. The Hall–Kier alpha value is -4.15. The Morgan fingerprint density at radius 1 is 0.962 bits per heavy atom. The minimum absolute atomic E-state index is 0.0590. The van der Waals surface area contributed by atoms with Crippen LogP contribution in [0.5, 0.6) is 5.75 Å². The average molecular weight is 721 g/mol. The van der Waals surface area contributed by atoms with Crippen molar-refractivity contribution in [1.82, 2.24) is 19.1 Å². The number of methoxy groups -OCH3 is 1. The lowest BCUT2D eigenvalue weighted by molar-refractivity contribution is -0.161. The maximum absolute atomic E-state index is 15.1. The van der Waals surface area contributed by atoms with E-state index in [1.54, 1.807) is 27.0 Å². The number of carbonyl (C=O) groups excluding carboxylic acids is 2. The van der Waals surface area contributed by atoms with Gasteiger partial charge in [-0.1, -0.05) is 55.7 Å². The number of ether oxygens (including phenoxy) is 1. The van der Waals surface area contributed by atoms with E-state index >= 15 is 4.79 Å². The number of nitrogens with zero attached hydrogens (tertiary/aromatic N) is 3. The highest BCUT2D eigenvalue weighted by Gasteiger charge is 2.66. The summed E-state index contributed by atoms with van der Waals surface area (Å²) in [5, 5.41) is 0.353. The summed E-state index contributed by atoms with van der Waals surface area (Å²) in [6.07, 6.45) is 7.57. The first-order chi connectivity index (χ1) is 25.1. The van der Waals surface area contributed by atoms with Crippen LogP contribution >= 0.6 is 0 Å². The fraction of sp³-hybridized carbons (Fsp3) is 0.476. The molecule has 2 saturated carbocycles. The minimum atomic E-state index is -3.81. The number of amides is 2. The summed E-state index contributed by atoms with van der Waals surface area (Å²) in [5.41, 5.74) is 6.63. The van der Waals surface area contributed by atoms with E-state index in [-0.39, 0.29) is 23.9 Å². The lowest BCUT2D eigenvalue weighted by Gasteiger charge is -2.57. The molecule has 4 aromatic rings. The second-order valence-electron chi connectivity index (χ2n) is 16.2. The molecule has 0 radical (unpaired) electrons. The molecular formula is C42H48N4O5S. The maximum Gasteiger partial charge on any atom is 0.264 e. The van der Waals surface area contributed by atoms with Crippen molar-refractivity contribution in [3.05, 3.63) is 89.0 Å². The van der Waals surface area contributed by atoms with Gasteiger partial charge in [-0.25, -0.2) is 13.1 Å². The van der Waals surface area contributed by atoms with Gasteiger partial charge in [-0.3, -0.25) is 14.5 Å². The number of rotatable bonds is 8. The maximum atomic E-state index is 15.1. The molecule has 272 valence electrons. The number of piperazine rings is 1. The number of sulfonamides is 1. The smallest absolute Gasteiger partial charge is 0.264 e. The van der Waals surface area contributed by atoms with Crippen molar-refractivity contribution in [2.24, 2.45) is 5.41 Å². The van der Waals surface area contributed by atoms with Crippen LogP contribution < -0.4 is 9.46 Å². The summed E-state index contributed by atoms with van der Waals surface area (Å²) < 4.78 is 35.8. The van der Waals surface area contributed by atoms with Gasteiger partial charge in [-0.15, -0.1) is 0 Å². The number of hydrogen-bond acceptors (Lipinski definition) is 6. The van der Waals surface area contributed by atoms with Crippen LogP contribution in [0.3, 0.4) is 0 Å². The van der Waals surface area contributed by atoms with Crippen LogP contribution in [-0.4, -0.2) is 72.1 Å². The predicted octanol–water partition coefficient (Wildman–Crippen LogP) is 6.81. The fourth-order valence-electron chi connectivity index (χ4n) is 9.98. The number of aromatic nitrogens is 1. The van der Waals surface area contributed by atoms with E-state index in [4.69, 9.17) is 4.74 Å². The SMILES string of the molecule is COc1ccc2c(c1)C1CC1(C(=O)N1C3CC1CN(Cc1ccccc1)C3)Cn1c-2c(C2CCCCC2)c2ccc(C(=O)NS(=O)(=O)C(C)C)cc21. The summed E-state index contributed by atoms with van der Waals surface area (Å²) in [7, 11) is -2.11. The van der Waals surface area contributed by atoms with Gasteiger partial charge in [0, 0.05) is 66.2 Å². The molecule has 4 atom stereocenters. The molecule has 2 bridgehead atoms. The van der Waals surface area contributed by atoms with Gasteiger partial charge in [-0.05, 0) is 92.5 Å². The van der Waals surface area contributed by atoms with Crippen molar-refractivity contribution in [2.45, 2.75) is 101 Å². The molecule has 10 heteroatoms. The Labute approximate surface area is 306 Å². The molecule has 52 heavy (non-hydrogen) atoms. The van der Waals surface area contributed by atoms with Crippen molar-refractivity contribution in [1.29, 1.82) is 0 Å². The first kappa shape index (κ1) is 33.7. The molecule has 1 aromatic heterocycles. The lowest BCUT2D eigenvalue weighted by atomic mass is 9.81. The molecule has 2 amide bonds. The third-order valence-corrected chi connectivity index (χ3v) is 14.5. The highest BCUT2D eigenvalue weighted by atomic mass is 32.2. The Kier molecular flexibility index (Phi) is 8.08. The Bertz CT molecular complexity index is 2180. The molecule has 6 aliphatic rings. The zero-order valence-electron chi connectivity index (χ0n) is 30.3. The van der Waals surface area contributed by atoms with Crippen LogP contribution in [-0.2, 0) is 27.9 Å². The van der Waals surface area contributed by atoms with E-state index in [9.17, 15) is 13.2 Å². The first-order valence-electron chi connectivity index (χ1n) is 19.1. The van der Waals surface area contributed by atoms with Crippen molar-refractivity contribution in [3.63, 3.8) is 0 Å². The van der Waals surface area contributed by atoms with Crippen LogP contribution in [0.25, 0.3) is 22.2 Å². The van der Waals surface area contributed by atoms with Crippen molar-refractivity contribution in [3.8, 4) is 17.0 Å². The summed E-state index contributed by atoms with van der Waals surface area (Å²) in [4.78, 5) is 33.3. The van der Waals surface area contributed by atoms with Gasteiger partial charge in [0.2, 0.25) is 15.9 Å². The van der Waals surface area contributed by atoms with Gasteiger partial charge in [0.05, 0.1) is 23.5 Å². The number of hydrogen-bond donors (Lipinski definition) is 1. The zero-order valence-corrected chi connectivity index (χ0v) is 31.1. The van der Waals surface area contributed by atoms with E-state index in [2.05, 4.69) is 55.5 Å². The summed E-state index contributed by atoms with van der Waals surface area (Å²) >= 11 is 0. The van der Waals surface area contributed by atoms with E-state index in [0.29, 0.717) is 18.0 Å². The van der Waals surface area contributed by atoms with E-state index < -0.39 is 26.6 Å². The van der Waals surface area contributed by atoms with Crippen molar-refractivity contribution >= 4 is 32.7 Å². The molecule has 4 aliphatic heterocycles. The summed E-state index contributed by atoms with van der Waals surface area (Å²) in [5.74, 6) is 0.822. The number of nitrogens with one attached hydrogen (secondary N) is 1. The molecule has 9 nitrogen and oxygen atoms in total. The Balaban J connectivity index is 1.14. The van der Waals surface area contributed by atoms with Crippen LogP contribution in [0.1, 0.15) is 97.7 Å². The molecule has 10 rings (SSSR count). The van der Waals surface area contributed by atoms with Crippen LogP contribution in [0.4, 0.5) is 0 Å². The summed E-state index contributed by atoms with van der Waals surface area (Å²) in [6, 6.07) is 23.0. The first-order valence-corrected chi connectivity index (χ1v) is 20.6. The lowest BCUT2D eigenvalue weighted by Crippen LogP contribution is -2.71. The van der Waals surface area contributed by atoms with Crippen LogP contribution in [0.15, 0.2) is 66.7 Å². The van der Waals surface area contributed by atoms with Crippen LogP contribution in [0.2, 0.25) is 0 Å². The van der Waals surface area contributed by atoms with Crippen LogP contribution in [0, 0.1) is 5.41 Å².